The van der Waals surface area contributed by atoms with E-state index in [1.165, 1.54) is 9.80 Å². The number of carbonyl (C=O) groups is 3. The molecule has 3 aliphatic heterocycles. The molecule has 25 heavy (non-hydrogen) atoms. The van der Waals surface area contributed by atoms with Gasteiger partial charge in [0.1, 0.15) is 12.6 Å². The topological polar surface area (TPSA) is 66.9 Å². The molecule has 130 valence electrons. The number of rotatable bonds is 0. The Morgan fingerprint density at radius 3 is 2.68 bits per heavy atom. The molecule has 2 amide bonds. The SMILES string of the molecule is CC(C)(C)C(=O)N1CC(=O)N2c3ccccc3C(=O)C3C=CC2(C1)O3. The minimum atomic E-state index is -1.12. The molecule has 2 unspecified atom stereocenters. The first kappa shape index (κ1) is 16.0. The molecule has 0 aliphatic carbocycles. The Morgan fingerprint density at radius 2 is 1.96 bits per heavy atom. The number of ketones is 1. The largest absolute Gasteiger partial charge is 0.334 e. The lowest BCUT2D eigenvalue weighted by atomic mass is 9.92. The van der Waals surface area contributed by atoms with E-state index in [1.807, 2.05) is 20.8 Å². The number of hydrogen-bond acceptors (Lipinski definition) is 4. The minimum absolute atomic E-state index is 0.0256. The Morgan fingerprint density at radius 1 is 1.24 bits per heavy atom. The molecular formula is C19H20N2O4. The van der Waals surface area contributed by atoms with Crippen molar-refractivity contribution in [2.45, 2.75) is 32.6 Å². The number of nitrogens with zero attached hydrogens (tertiary/aromatic N) is 2. The van der Waals surface area contributed by atoms with E-state index in [0.717, 1.165) is 0 Å². The van der Waals surface area contributed by atoms with Gasteiger partial charge in [0.05, 0.1) is 12.2 Å². The summed E-state index contributed by atoms with van der Waals surface area (Å²) in [5.41, 5.74) is -0.697. The van der Waals surface area contributed by atoms with Crippen LogP contribution in [0.15, 0.2) is 36.4 Å². The van der Waals surface area contributed by atoms with Gasteiger partial charge in [0.15, 0.2) is 11.5 Å². The smallest absolute Gasteiger partial charge is 0.249 e. The van der Waals surface area contributed by atoms with E-state index in [4.69, 9.17) is 4.74 Å². The number of hydrogen-bond donors (Lipinski definition) is 0. The molecule has 3 aliphatic rings. The number of Topliss-reactive ketones (excluding diaryl/α,β-unsaturated/α-hetero) is 1. The zero-order valence-corrected chi connectivity index (χ0v) is 14.5. The van der Waals surface area contributed by atoms with Crippen LogP contribution in [0.3, 0.4) is 0 Å². The molecule has 3 heterocycles. The number of ether oxygens (including phenoxy) is 1. The monoisotopic (exact) mass is 340 g/mol. The lowest BCUT2D eigenvalue weighted by Gasteiger charge is -2.47. The number of carbonyl (C=O) groups excluding carboxylic acids is 3. The third kappa shape index (κ3) is 2.24. The summed E-state index contributed by atoms with van der Waals surface area (Å²) >= 11 is 0. The fourth-order valence-electron chi connectivity index (χ4n) is 3.73. The molecule has 4 rings (SSSR count). The molecule has 0 N–H and O–H groups in total. The summed E-state index contributed by atoms with van der Waals surface area (Å²) in [4.78, 5) is 41.5. The van der Waals surface area contributed by atoms with Crippen molar-refractivity contribution < 1.29 is 19.1 Å². The van der Waals surface area contributed by atoms with Crippen LogP contribution in [0.2, 0.25) is 0 Å². The van der Waals surface area contributed by atoms with E-state index in [9.17, 15) is 14.4 Å². The van der Waals surface area contributed by atoms with E-state index in [1.54, 1.807) is 36.4 Å². The van der Waals surface area contributed by atoms with Crippen molar-refractivity contribution in [2.24, 2.45) is 5.41 Å². The molecule has 2 bridgehead atoms. The van der Waals surface area contributed by atoms with Gasteiger partial charge in [-0.15, -0.1) is 0 Å². The van der Waals surface area contributed by atoms with Crippen molar-refractivity contribution in [3.8, 4) is 0 Å². The quantitative estimate of drug-likeness (QED) is 0.675. The first-order valence-corrected chi connectivity index (χ1v) is 8.36. The molecule has 1 fully saturated rings. The fourth-order valence-corrected chi connectivity index (χ4v) is 3.73. The summed E-state index contributed by atoms with van der Waals surface area (Å²) in [6.45, 7) is 5.66. The molecular weight excluding hydrogens is 320 g/mol. The lowest BCUT2D eigenvalue weighted by Crippen LogP contribution is -2.66. The molecule has 0 aromatic heterocycles. The van der Waals surface area contributed by atoms with Gasteiger partial charge in [-0.3, -0.25) is 19.3 Å². The summed E-state index contributed by atoms with van der Waals surface area (Å²) in [5, 5.41) is 0. The van der Waals surface area contributed by atoms with E-state index < -0.39 is 17.2 Å². The van der Waals surface area contributed by atoms with Crippen molar-refractivity contribution in [1.29, 1.82) is 0 Å². The highest BCUT2D eigenvalue weighted by molar-refractivity contribution is 6.11. The van der Waals surface area contributed by atoms with Gasteiger partial charge in [-0.25, -0.2) is 0 Å². The van der Waals surface area contributed by atoms with Gasteiger partial charge < -0.3 is 9.64 Å². The second kappa shape index (κ2) is 5.02. The van der Waals surface area contributed by atoms with E-state index in [-0.39, 0.29) is 30.7 Å². The van der Waals surface area contributed by atoms with Crippen LogP contribution in [-0.4, -0.2) is 47.4 Å². The Labute approximate surface area is 146 Å². The predicted molar refractivity (Wildman–Crippen MR) is 91.0 cm³/mol. The minimum Gasteiger partial charge on any atom is -0.334 e. The number of benzene rings is 1. The van der Waals surface area contributed by atoms with Crippen molar-refractivity contribution in [1.82, 2.24) is 4.90 Å². The average molecular weight is 340 g/mol. The molecule has 1 aromatic rings. The van der Waals surface area contributed by atoms with Crippen LogP contribution < -0.4 is 4.90 Å². The Bertz CT molecular complexity index is 823. The second-order valence-corrected chi connectivity index (χ2v) is 7.76. The van der Waals surface area contributed by atoms with Gasteiger partial charge in [-0.1, -0.05) is 32.9 Å². The van der Waals surface area contributed by atoms with Gasteiger partial charge >= 0.3 is 0 Å². The number of para-hydroxylation sites is 1. The zero-order valence-electron chi connectivity index (χ0n) is 14.5. The van der Waals surface area contributed by atoms with Crippen LogP contribution in [-0.2, 0) is 14.3 Å². The van der Waals surface area contributed by atoms with Crippen LogP contribution in [0.4, 0.5) is 5.69 Å². The van der Waals surface area contributed by atoms with Gasteiger partial charge in [0.25, 0.3) is 0 Å². The third-order valence-corrected chi connectivity index (χ3v) is 4.83. The second-order valence-electron chi connectivity index (χ2n) is 7.76. The highest BCUT2D eigenvalue weighted by atomic mass is 16.5. The van der Waals surface area contributed by atoms with Gasteiger partial charge in [-0.2, -0.15) is 0 Å². The molecule has 1 spiro atoms. The van der Waals surface area contributed by atoms with Gasteiger partial charge in [0, 0.05) is 11.0 Å². The van der Waals surface area contributed by atoms with Crippen LogP contribution in [0.5, 0.6) is 0 Å². The van der Waals surface area contributed by atoms with E-state index in [2.05, 4.69) is 0 Å². The maximum atomic E-state index is 13.0. The van der Waals surface area contributed by atoms with Crippen LogP contribution in [0, 0.1) is 5.41 Å². The molecule has 2 atom stereocenters. The first-order valence-electron chi connectivity index (χ1n) is 8.36. The summed E-state index contributed by atoms with van der Waals surface area (Å²) in [7, 11) is 0. The molecule has 6 heteroatoms. The summed E-state index contributed by atoms with van der Waals surface area (Å²) < 4.78 is 6.02. The average Bonchev–Trinajstić information content (AvgIpc) is 2.92. The number of fused-ring (bicyclic) bond motifs is 3. The number of anilines is 1. The maximum Gasteiger partial charge on any atom is 0.249 e. The number of piperazine rings is 1. The highest BCUT2D eigenvalue weighted by Crippen LogP contribution is 2.42. The first-order chi connectivity index (χ1) is 11.7. The molecule has 0 radical (unpaired) electrons. The van der Waals surface area contributed by atoms with E-state index >= 15 is 0 Å². The predicted octanol–water partition coefficient (Wildman–Crippen LogP) is 1.76. The summed E-state index contributed by atoms with van der Waals surface area (Å²) in [5.74, 6) is -0.532. The standard InChI is InChI=1S/C19H20N2O4/c1-18(2,3)17(24)20-10-15(22)21-13-7-5-4-6-12(13)16(23)14-8-9-19(21,11-20)25-14/h4-9,14H,10-11H2,1-3H3. The number of amides is 2. The van der Waals surface area contributed by atoms with Crippen molar-refractivity contribution in [3.05, 3.63) is 42.0 Å². The fraction of sp³-hybridized carbons (Fsp3) is 0.421. The molecule has 1 aromatic carbocycles. The normalized spacial score (nSPS) is 27.9. The summed E-state index contributed by atoms with van der Waals surface area (Å²) in [6.07, 6.45) is 2.69. The lowest BCUT2D eigenvalue weighted by molar-refractivity contribution is -0.152. The molecule has 0 saturated carbocycles. The maximum absolute atomic E-state index is 13.0. The highest BCUT2D eigenvalue weighted by Gasteiger charge is 2.54. The Hall–Kier alpha value is -2.47. The van der Waals surface area contributed by atoms with Crippen molar-refractivity contribution in [3.63, 3.8) is 0 Å². The zero-order chi connectivity index (χ0) is 18.0. The van der Waals surface area contributed by atoms with Gasteiger partial charge in [-0.05, 0) is 24.3 Å². The summed E-state index contributed by atoms with van der Waals surface area (Å²) in [6, 6.07) is 7.04. The van der Waals surface area contributed by atoms with Gasteiger partial charge in [0.2, 0.25) is 11.8 Å². The van der Waals surface area contributed by atoms with E-state index in [0.29, 0.717) is 11.3 Å². The van der Waals surface area contributed by atoms with Crippen molar-refractivity contribution >= 4 is 23.3 Å². The Kier molecular flexibility index (Phi) is 3.22. The molecule has 1 saturated heterocycles. The van der Waals surface area contributed by atoms with Crippen molar-refractivity contribution in [2.75, 3.05) is 18.0 Å². The Balaban J connectivity index is 1.82. The van der Waals surface area contributed by atoms with Crippen LogP contribution in [0.1, 0.15) is 31.1 Å². The van der Waals surface area contributed by atoms with Crippen LogP contribution >= 0.6 is 0 Å². The third-order valence-electron chi connectivity index (χ3n) is 4.83. The molecule has 6 nitrogen and oxygen atoms in total. The van der Waals surface area contributed by atoms with Crippen LogP contribution in [0.25, 0.3) is 0 Å².